The topological polar surface area (TPSA) is 76.5 Å². The van der Waals surface area contributed by atoms with Crippen LogP contribution >= 0.6 is 11.8 Å². The molecule has 0 saturated carbocycles. The fourth-order valence-corrected chi connectivity index (χ4v) is 4.70. The summed E-state index contributed by atoms with van der Waals surface area (Å²) in [5.74, 6) is -0.177. The Balaban J connectivity index is 1.36. The minimum absolute atomic E-state index is 0.00406. The van der Waals surface area contributed by atoms with Crippen LogP contribution in [0.2, 0.25) is 0 Å². The number of carbonyl (C=O) groups excluding carboxylic acids is 2. The van der Waals surface area contributed by atoms with Gasteiger partial charge < -0.3 is 19.5 Å². The Bertz CT molecular complexity index is 718. The van der Waals surface area contributed by atoms with Crippen LogP contribution in [-0.2, 0) is 21.4 Å². The molecule has 7 nitrogen and oxygen atoms in total. The van der Waals surface area contributed by atoms with E-state index >= 15 is 0 Å². The average Bonchev–Trinajstić information content (AvgIpc) is 3.27. The molecule has 3 aliphatic heterocycles. The fraction of sp³-hybridized carbons (Fsp3) is 0.562. The third-order valence-electron chi connectivity index (χ3n) is 5.00. The lowest BCUT2D eigenvalue weighted by atomic mass is 9.77. The zero-order chi connectivity index (χ0) is 16.9. The number of ether oxygens (including phenoxy) is 1. The molecule has 2 amide bonds. The van der Waals surface area contributed by atoms with Crippen LogP contribution in [0.15, 0.2) is 29.7 Å². The number of thioether (sulfide) groups is 1. The van der Waals surface area contributed by atoms with Gasteiger partial charge in [0.15, 0.2) is 5.16 Å². The second kappa shape index (κ2) is 5.63. The maximum Gasteiger partial charge on any atom is 0.229 e. The summed E-state index contributed by atoms with van der Waals surface area (Å²) >= 11 is 1.59. The summed E-state index contributed by atoms with van der Waals surface area (Å²) < 4.78 is 7.93. The minimum Gasteiger partial charge on any atom is -0.360 e. The smallest absolute Gasteiger partial charge is 0.229 e. The molecule has 128 valence electrons. The number of likely N-dealkylation sites (N-methyl/N-ethyl adjacent to an activating group) is 1. The molecule has 8 heteroatoms. The van der Waals surface area contributed by atoms with E-state index in [4.69, 9.17) is 4.74 Å². The molecule has 2 bridgehead atoms. The molecule has 0 aliphatic carbocycles. The lowest BCUT2D eigenvalue weighted by molar-refractivity contribution is -0.136. The average molecular weight is 348 g/mol. The maximum atomic E-state index is 12.6. The van der Waals surface area contributed by atoms with Gasteiger partial charge in [0.05, 0.1) is 24.5 Å². The third kappa shape index (κ3) is 2.28. The SMILES string of the molecule is CN1C[C@@]23C=C[C@@H](O2)[C@@H](C(=O)NCCSc2nccn2C)[C@H]3C1=O. The van der Waals surface area contributed by atoms with E-state index in [0.29, 0.717) is 13.1 Å². The van der Waals surface area contributed by atoms with Gasteiger partial charge in [-0.05, 0) is 0 Å². The van der Waals surface area contributed by atoms with Crippen LogP contribution in [-0.4, -0.2) is 63.9 Å². The van der Waals surface area contributed by atoms with Crippen molar-refractivity contribution >= 4 is 23.6 Å². The van der Waals surface area contributed by atoms with E-state index < -0.39 is 11.5 Å². The van der Waals surface area contributed by atoms with Gasteiger partial charge in [-0.3, -0.25) is 9.59 Å². The zero-order valence-corrected chi connectivity index (χ0v) is 14.5. The molecule has 2 fully saturated rings. The Labute approximate surface area is 144 Å². The maximum absolute atomic E-state index is 12.6. The number of hydrogen-bond acceptors (Lipinski definition) is 5. The number of aromatic nitrogens is 2. The highest BCUT2D eigenvalue weighted by Gasteiger charge is 2.66. The number of nitrogens with zero attached hydrogens (tertiary/aromatic N) is 3. The minimum atomic E-state index is -0.597. The van der Waals surface area contributed by atoms with Gasteiger partial charge >= 0.3 is 0 Å². The lowest BCUT2D eigenvalue weighted by Crippen LogP contribution is -2.44. The van der Waals surface area contributed by atoms with E-state index in [1.165, 1.54) is 0 Å². The summed E-state index contributed by atoms with van der Waals surface area (Å²) in [4.78, 5) is 31.0. The second-order valence-electron chi connectivity index (χ2n) is 6.55. The van der Waals surface area contributed by atoms with Crippen LogP contribution in [0.1, 0.15) is 0 Å². The highest BCUT2D eigenvalue weighted by atomic mass is 32.2. The third-order valence-corrected chi connectivity index (χ3v) is 6.06. The molecule has 0 radical (unpaired) electrons. The van der Waals surface area contributed by atoms with Gasteiger partial charge in [0.25, 0.3) is 0 Å². The Morgan fingerprint density at radius 3 is 3.12 bits per heavy atom. The van der Waals surface area contributed by atoms with Crippen molar-refractivity contribution in [3.05, 3.63) is 24.5 Å². The molecule has 24 heavy (non-hydrogen) atoms. The molecule has 1 spiro atoms. The molecular formula is C16H20N4O3S. The van der Waals surface area contributed by atoms with E-state index in [9.17, 15) is 9.59 Å². The van der Waals surface area contributed by atoms with Gasteiger partial charge in [0.2, 0.25) is 11.8 Å². The number of fused-ring (bicyclic) bond motifs is 1. The lowest BCUT2D eigenvalue weighted by Gasteiger charge is -2.23. The van der Waals surface area contributed by atoms with Crippen molar-refractivity contribution in [3.8, 4) is 0 Å². The van der Waals surface area contributed by atoms with Gasteiger partial charge in [-0.2, -0.15) is 0 Å². The molecule has 2 saturated heterocycles. The summed E-state index contributed by atoms with van der Waals surface area (Å²) in [5, 5.41) is 3.87. The first-order valence-corrected chi connectivity index (χ1v) is 9.00. The molecule has 4 atom stereocenters. The number of imidazole rings is 1. The van der Waals surface area contributed by atoms with E-state index in [1.807, 2.05) is 30.0 Å². The van der Waals surface area contributed by atoms with E-state index in [-0.39, 0.29) is 23.8 Å². The number of hydrogen-bond donors (Lipinski definition) is 1. The number of rotatable bonds is 5. The van der Waals surface area contributed by atoms with E-state index in [1.54, 1.807) is 29.9 Å². The van der Waals surface area contributed by atoms with Crippen LogP contribution in [0, 0.1) is 11.8 Å². The predicted octanol–water partition coefficient (Wildman–Crippen LogP) is 0.0402. The molecule has 1 aromatic rings. The number of carbonyl (C=O) groups is 2. The van der Waals surface area contributed by atoms with Crippen LogP contribution < -0.4 is 5.32 Å². The standard InChI is InChI=1S/C16H20N4O3S/c1-19-7-5-18-15(19)24-8-6-17-13(21)11-10-3-4-16(23-10)9-20(2)14(22)12(11)16/h3-5,7,10-12H,6,8-9H2,1-2H3,(H,17,21)/t10-,11-,12+,16-/m1/s1. The number of amides is 2. The normalized spacial score (nSPS) is 33.3. The summed E-state index contributed by atoms with van der Waals surface area (Å²) in [6.07, 6.45) is 7.25. The Morgan fingerprint density at radius 2 is 2.38 bits per heavy atom. The summed E-state index contributed by atoms with van der Waals surface area (Å²) in [5.41, 5.74) is -0.597. The van der Waals surface area contributed by atoms with Crippen molar-refractivity contribution in [1.29, 1.82) is 0 Å². The molecule has 4 heterocycles. The molecule has 1 N–H and O–H groups in total. The van der Waals surface area contributed by atoms with Crippen molar-refractivity contribution in [2.45, 2.75) is 16.9 Å². The molecular weight excluding hydrogens is 328 g/mol. The summed E-state index contributed by atoms with van der Waals surface area (Å²) in [6, 6.07) is 0. The predicted molar refractivity (Wildman–Crippen MR) is 88.3 cm³/mol. The Kier molecular flexibility index (Phi) is 3.69. The molecule has 3 aliphatic rings. The van der Waals surface area contributed by atoms with Crippen LogP contribution in [0.25, 0.3) is 0 Å². The number of nitrogens with one attached hydrogen (secondary N) is 1. The highest BCUT2D eigenvalue weighted by molar-refractivity contribution is 7.99. The van der Waals surface area contributed by atoms with Gasteiger partial charge in [0.1, 0.15) is 5.60 Å². The summed E-state index contributed by atoms with van der Waals surface area (Å²) in [6.45, 7) is 1.06. The van der Waals surface area contributed by atoms with E-state index in [2.05, 4.69) is 10.3 Å². The largest absolute Gasteiger partial charge is 0.360 e. The Hall–Kier alpha value is -1.80. The van der Waals surface area contributed by atoms with Gasteiger partial charge in [-0.15, -0.1) is 0 Å². The first kappa shape index (κ1) is 15.7. The first-order valence-electron chi connectivity index (χ1n) is 8.02. The molecule has 1 aromatic heterocycles. The van der Waals surface area contributed by atoms with E-state index in [0.717, 1.165) is 10.9 Å². The number of aryl methyl sites for hydroxylation is 1. The fourth-order valence-electron chi connectivity index (χ4n) is 3.92. The zero-order valence-electron chi connectivity index (χ0n) is 13.6. The molecule has 4 rings (SSSR count). The monoisotopic (exact) mass is 348 g/mol. The molecule has 0 aromatic carbocycles. The van der Waals surface area contributed by atoms with Gasteiger partial charge in [-0.25, -0.2) is 4.98 Å². The van der Waals surface area contributed by atoms with Gasteiger partial charge in [-0.1, -0.05) is 23.9 Å². The van der Waals surface area contributed by atoms with Gasteiger partial charge in [0, 0.05) is 38.8 Å². The Morgan fingerprint density at radius 1 is 1.54 bits per heavy atom. The van der Waals surface area contributed by atoms with Crippen molar-refractivity contribution in [2.75, 3.05) is 25.9 Å². The van der Waals surface area contributed by atoms with Crippen LogP contribution in [0.5, 0.6) is 0 Å². The first-order chi connectivity index (χ1) is 11.5. The van der Waals surface area contributed by atoms with Crippen LogP contribution in [0.4, 0.5) is 0 Å². The van der Waals surface area contributed by atoms with Crippen molar-refractivity contribution < 1.29 is 14.3 Å². The second-order valence-corrected chi connectivity index (χ2v) is 7.62. The van der Waals surface area contributed by atoms with Crippen molar-refractivity contribution in [1.82, 2.24) is 19.8 Å². The molecule has 0 unspecified atom stereocenters. The van der Waals surface area contributed by atoms with Crippen molar-refractivity contribution in [2.24, 2.45) is 18.9 Å². The number of likely N-dealkylation sites (tertiary alicyclic amines) is 1. The van der Waals surface area contributed by atoms with Crippen molar-refractivity contribution in [3.63, 3.8) is 0 Å². The summed E-state index contributed by atoms with van der Waals surface area (Å²) in [7, 11) is 3.70. The highest BCUT2D eigenvalue weighted by Crippen LogP contribution is 2.51. The van der Waals surface area contributed by atoms with Crippen LogP contribution in [0.3, 0.4) is 0 Å². The quantitative estimate of drug-likeness (QED) is 0.462.